The van der Waals surface area contributed by atoms with Crippen molar-refractivity contribution in [3.8, 4) is 5.75 Å². The SMILES string of the molecule is COc1ccc2[nH]cc(C(C)CC(=O)N3C4CC5CC3CC(C)(C5)C4)c2c1Cl. The molecule has 4 bridgehead atoms. The maximum absolute atomic E-state index is 13.3. The summed E-state index contributed by atoms with van der Waals surface area (Å²) >= 11 is 6.59. The Hall–Kier alpha value is -1.68. The van der Waals surface area contributed by atoms with E-state index in [1.54, 1.807) is 7.11 Å². The average Bonchev–Trinajstić information content (AvgIpc) is 3.05. The summed E-state index contributed by atoms with van der Waals surface area (Å²) < 4.78 is 5.39. The number of methoxy groups -OCH3 is 1. The number of H-pyrrole nitrogens is 1. The lowest BCUT2D eigenvalue weighted by Crippen LogP contribution is -2.62. The van der Waals surface area contributed by atoms with Gasteiger partial charge in [0.25, 0.3) is 0 Å². The number of hydrogen-bond acceptors (Lipinski definition) is 2. The van der Waals surface area contributed by atoms with Crippen molar-refractivity contribution in [1.82, 2.24) is 9.88 Å². The first-order valence-electron chi connectivity index (χ1n) is 10.5. The van der Waals surface area contributed by atoms with Gasteiger partial charge in [-0.05, 0) is 67.1 Å². The molecule has 4 fully saturated rings. The molecule has 3 atom stereocenters. The molecule has 0 spiro atoms. The van der Waals surface area contributed by atoms with Crippen molar-refractivity contribution in [1.29, 1.82) is 0 Å². The Morgan fingerprint density at radius 2 is 2.04 bits per heavy atom. The minimum Gasteiger partial charge on any atom is -0.495 e. The summed E-state index contributed by atoms with van der Waals surface area (Å²) in [5.41, 5.74) is 2.56. The number of halogens is 1. The molecule has 0 radical (unpaired) electrons. The quantitative estimate of drug-likeness (QED) is 0.736. The van der Waals surface area contributed by atoms with Crippen molar-refractivity contribution in [2.75, 3.05) is 7.11 Å². The monoisotopic (exact) mass is 400 g/mol. The van der Waals surface area contributed by atoms with Crippen LogP contribution in [0.5, 0.6) is 5.75 Å². The second kappa shape index (κ2) is 6.41. The van der Waals surface area contributed by atoms with E-state index < -0.39 is 0 Å². The van der Waals surface area contributed by atoms with Gasteiger partial charge in [0, 0.05) is 35.6 Å². The highest BCUT2D eigenvalue weighted by atomic mass is 35.5. The van der Waals surface area contributed by atoms with Gasteiger partial charge in [0.1, 0.15) is 5.75 Å². The molecule has 4 nitrogen and oxygen atoms in total. The number of nitrogens with zero attached hydrogens (tertiary/aromatic N) is 1. The van der Waals surface area contributed by atoms with Gasteiger partial charge in [-0.1, -0.05) is 25.4 Å². The number of fused-ring (bicyclic) bond motifs is 1. The summed E-state index contributed by atoms with van der Waals surface area (Å²) in [4.78, 5) is 18.9. The van der Waals surface area contributed by atoms with Gasteiger partial charge in [-0.25, -0.2) is 0 Å². The Balaban J connectivity index is 1.38. The maximum Gasteiger partial charge on any atom is 0.223 e. The summed E-state index contributed by atoms with van der Waals surface area (Å²) in [7, 11) is 1.63. The number of amides is 1. The molecule has 2 aliphatic heterocycles. The molecule has 1 amide bonds. The lowest BCUT2D eigenvalue weighted by molar-refractivity contribution is -0.156. The normalized spacial score (nSPS) is 32.1. The van der Waals surface area contributed by atoms with E-state index in [1.165, 1.54) is 32.1 Å². The first kappa shape index (κ1) is 18.4. The summed E-state index contributed by atoms with van der Waals surface area (Å²) in [5, 5.41) is 1.60. The van der Waals surface area contributed by atoms with Gasteiger partial charge in [-0.15, -0.1) is 0 Å². The van der Waals surface area contributed by atoms with E-state index in [9.17, 15) is 4.79 Å². The zero-order chi connectivity index (χ0) is 19.6. The Morgan fingerprint density at radius 1 is 1.32 bits per heavy atom. The number of aromatic nitrogens is 1. The van der Waals surface area contributed by atoms with Crippen LogP contribution < -0.4 is 4.74 Å². The minimum absolute atomic E-state index is 0.110. The summed E-state index contributed by atoms with van der Waals surface area (Å²) in [6, 6.07) is 4.78. The Morgan fingerprint density at radius 3 is 2.68 bits per heavy atom. The summed E-state index contributed by atoms with van der Waals surface area (Å²) in [5.74, 6) is 1.94. The molecule has 28 heavy (non-hydrogen) atoms. The van der Waals surface area contributed by atoms with E-state index in [0.717, 1.165) is 22.4 Å². The van der Waals surface area contributed by atoms with Crippen LogP contribution in [0.15, 0.2) is 18.3 Å². The fourth-order valence-corrected chi connectivity index (χ4v) is 6.97. The molecule has 1 aromatic heterocycles. The molecular weight excluding hydrogens is 372 g/mol. The average molecular weight is 401 g/mol. The van der Waals surface area contributed by atoms with E-state index in [4.69, 9.17) is 16.3 Å². The highest BCUT2D eigenvalue weighted by Gasteiger charge is 2.53. The molecule has 3 heterocycles. The second-order valence-electron chi connectivity index (χ2n) is 9.72. The third-order valence-corrected chi connectivity index (χ3v) is 7.91. The lowest BCUT2D eigenvalue weighted by atomic mass is 9.56. The first-order chi connectivity index (χ1) is 13.4. The van der Waals surface area contributed by atoms with Gasteiger partial charge in [0.15, 0.2) is 0 Å². The molecule has 6 rings (SSSR count). The van der Waals surface area contributed by atoms with Gasteiger partial charge in [0.05, 0.1) is 12.1 Å². The third-order valence-electron chi connectivity index (χ3n) is 7.53. The van der Waals surface area contributed by atoms with Crippen molar-refractivity contribution in [2.45, 2.75) is 70.4 Å². The molecule has 2 saturated carbocycles. The summed E-state index contributed by atoms with van der Waals surface area (Å²) in [6.07, 6.45) is 8.71. The van der Waals surface area contributed by atoms with Crippen LogP contribution in [-0.4, -0.2) is 35.0 Å². The molecule has 150 valence electrons. The number of hydrogen-bond donors (Lipinski definition) is 1. The van der Waals surface area contributed by atoms with E-state index in [1.807, 2.05) is 18.3 Å². The minimum atomic E-state index is 0.110. The molecule has 5 heteroatoms. The molecule has 2 saturated heterocycles. The number of carbonyl (C=O) groups excluding carboxylic acids is 1. The van der Waals surface area contributed by atoms with Crippen LogP contribution in [0.1, 0.15) is 63.9 Å². The molecule has 4 aliphatic rings. The number of carbonyl (C=O) groups is 1. The highest BCUT2D eigenvalue weighted by Crippen LogP contribution is 2.56. The Labute approximate surface area is 171 Å². The molecule has 2 aliphatic carbocycles. The number of benzene rings is 1. The van der Waals surface area contributed by atoms with Crippen LogP contribution in [0.3, 0.4) is 0 Å². The van der Waals surface area contributed by atoms with Gasteiger partial charge < -0.3 is 14.6 Å². The predicted octanol–water partition coefficient (Wildman–Crippen LogP) is 5.50. The van der Waals surface area contributed by atoms with E-state index in [2.05, 4.69) is 23.7 Å². The standard InChI is InChI=1S/C23H29ClN2O2/c1-13(17-12-25-18-4-5-19(28-3)22(24)21(17)18)6-20(27)26-15-7-14-8-16(26)11-23(2,9-14)10-15/h4-5,12-16,25H,6-11H2,1-3H3. The first-order valence-corrected chi connectivity index (χ1v) is 10.9. The van der Waals surface area contributed by atoms with Crippen molar-refractivity contribution in [3.63, 3.8) is 0 Å². The Bertz CT molecular complexity index is 920. The number of nitrogens with one attached hydrogen (secondary N) is 1. The highest BCUT2D eigenvalue weighted by molar-refractivity contribution is 6.37. The third kappa shape index (κ3) is 2.75. The van der Waals surface area contributed by atoms with Crippen LogP contribution in [0.25, 0.3) is 10.9 Å². The van der Waals surface area contributed by atoms with Gasteiger partial charge >= 0.3 is 0 Å². The predicted molar refractivity (Wildman–Crippen MR) is 112 cm³/mol. The van der Waals surface area contributed by atoms with Crippen LogP contribution in [-0.2, 0) is 4.79 Å². The number of aromatic amines is 1. The molecule has 2 aromatic rings. The number of rotatable bonds is 4. The smallest absolute Gasteiger partial charge is 0.223 e. The van der Waals surface area contributed by atoms with Crippen LogP contribution in [0, 0.1) is 11.3 Å². The molecular formula is C23H29ClN2O2. The number of ether oxygens (including phenoxy) is 1. The van der Waals surface area contributed by atoms with Crippen LogP contribution in [0.4, 0.5) is 0 Å². The van der Waals surface area contributed by atoms with Gasteiger partial charge in [-0.2, -0.15) is 0 Å². The number of piperidine rings is 2. The van der Waals surface area contributed by atoms with Crippen molar-refractivity contribution >= 4 is 28.4 Å². The van der Waals surface area contributed by atoms with E-state index >= 15 is 0 Å². The van der Waals surface area contributed by atoms with Gasteiger partial charge in [-0.3, -0.25) is 4.79 Å². The Kier molecular flexibility index (Phi) is 4.20. The largest absolute Gasteiger partial charge is 0.495 e. The molecule has 1 N–H and O–H groups in total. The fourth-order valence-electron chi connectivity index (χ4n) is 6.62. The van der Waals surface area contributed by atoms with Crippen molar-refractivity contribution in [2.24, 2.45) is 11.3 Å². The van der Waals surface area contributed by atoms with Crippen LogP contribution in [0.2, 0.25) is 5.02 Å². The maximum atomic E-state index is 13.3. The lowest BCUT2D eigenvalue weighted by Gasteiger charge is -2.61. The molecule has 1 aromatic carbocycles. The van der Waals surface area contributed by atoms with E-state index in [0.29, 0.717) is 40.6 Å². The van der Waals surface area contributed by atoms with Gasteiger partial charge in [0.2, 0.25) is 5.91 Å². The zero-order valence-corrected chi connectivity index (χ0v) is 17.7. The topological polar surface area (TPSA) is 45.3 Å². The summed E-state index contributed by atoms with van der Waals surface area (Å²) in [6.45, 7) is 4.57. The van der Waals surface area contributed by atoms with Crippen molar-refractivity contribution < 1.29 is 9.53 Å². The van der Waals surface area contributed by atoms with E-state index in [-0.39, 0.29) is 5.92 Å². The van der Waals surface area contributed by atoms with Crippen LogP contribution >= 0.6 is 11.6 Å². The fraction of sp³-hybridized carbons (Fsp3) is 0.609. The zero-order valence-electron chi connectivity index (χ0n) is 16.9. The molecule has 3 unspecified atom stereocenters. The van der Waals surface area contributed by atoms with Crippen molar-refractivity contribution in [3.05, 3.63) is 28.9 Å². The second-order valence-corrected chi connectivity index (χ2v) is 10.1.